The number of hydrogen-bond acceptors (Lipinski definition) is 6. The van der Waals surface area contributed by atoms with Gasteiger partial charge in [-0.2, -0.15) is 0 Å². The molecule has 0 amide bonds. The highest BCUT2D eigenvalue weighted by Gasteiger charge is 2.17. The van der Waals surface area contributed by atoms with Gasteiger partial charge in [-0.3, -0.25) is 10.2 Å². The zero-order chi connectivity index (χ0) is 10.9. The zero-order valence-electron chi connectivity index (χ0n) is 6.91. The summed E-state index contributed by atoms with van der Waals surface area (Å²) in [5.74, 6) is -1.81. The first-order valence-electron chi connectivity index (χ1n) is 3.40. The lowest BCUT2D eigenvalue weighted by molar-refractivity contribution is 0.106. The first kappa shape index (κ1) is 10.2. The second kappa shape index (κ2) is 3.46. The maximum atomic E-state index is 11.2. The molecule has 0 radical (unpaired) electrons. The van der Waals surface area contributed by atoms with Gasteiger partial charge >= 0.3 is 0 Å². The highest BCUT2D eigenvalue weighted by Crippen LogP contribution is 2.17. The molecule has 0 atom stereocenters. The molecule has 0 saturated heterocycles. The summed E-state index contributed by atoms with van der Waals surface area (Å²) in [6.07, 6.45) is 0. The quantitative estimate of drug-likeness (QED) is 0.294. The molecule has 1 aromatic rings. The van der Waals surface area contributed by atoms with E-state index < -0.39 is 11.6 Å². The number of Topliss-reactive ketones (excluding diaryl/α,β-unsaturated/α-hetero) is 1. The molecule has 0 aromatic carbocycles. The summed E-state index contributed by atoms with van der Waals surface area (Å²) in [5, 5.41) is 6.74. The van der Waals surface area contributed by atoms with E-state index in [4.69, 9.17) is 34.2 Å². The number of ketones is 1. The van der Waals surface area contributed by atoms with E-state index in [-0.39, 0.29) is 22.5 Å². The number of nitrogen functional groups attached to an aromatic ring is 2. The van der Waals surface area contributed by atoms with Crippen molar-refractivity contribution in [2.24, 2.45) is 5.73 Å². The molecular weight excluding hydrogens is 208 g/mol. The standard InChI is InChI=1S/C6H7ClN6O/c7-3-6(11)13-5(10)1(12-3)2(14)4(8)9/h(H3,8,9)(H4,10,11,13). The number of nitrogens with one attached hydrogen (secondary N) is 1. The monoisotopic (exact) mass is 214 g/mol. The minimum Gasteiger partial charge on any atom is -0.382 e. The van der Waals surface area contributed by atoms with Crippen molar-refractivity contribution in [1.29, 1.82) is 5.41 Å². The lowest BCUT2D eigenvalue weighted by Crippen LogP contribution is -2.25. The maximum Gasteiger partial charge on any atom is 0.249 e. The molecule has 1 aromatic heterocycles. The van der Waals surface area contributed by atoms with E-state index in [9.17, 15) is 4.79 Å². The third-order valence-electron chi connectivity index (χ3n) is 1.36. The molecule has 0 spiro atoms. The van der Waals surface area contributed by atoms with E-state index in [1.165, 1.54) is 0 Å². The summed E-state index contributed by atoms with van der Waals surface area (Å²) < 4.78 is 0. The van der Waals surface area contributed by atoms with Crippen molar-refractivity contribution >= 4 is 34.9 Å². The predicted molar refractivity (Wildman–Crippen MR) is 52.1 cm³/mol. The molecule has 0 saturated carbocycles. The first-order valence-corrected chi connectivity index (χ1v) is 3.78. The van der Waals surface area contributed by atoms with Crippen LogP contribution in [0.5, 0.6) is 0 Å². The van der Waals surface area contributed by atoms with Crippen molar-refractivity contribution in [1.82, 2.24) is 9.97 Å². The van der Waals surface area contributed by atoms with Gasteiger partial charge in [-0.05, 0) is 0 Å². The van der Waals surface area contributed by atoms with Gasteiger partial charge in [0.2, 0.25) is 5.78 Å². The average molecular weight is 215 g/mol. The molecule has 0 fully saturated rings. The Kier molecular flexibility index (Phi) is 2.52. The Labute approximate surface area is 83.8 Å². The van der Waals surface area contributed by atoms with Gasteiger partial charge in [0.25, 0.3) is 0 Å². The smallest absolute Gasteiger partial charge is 0.249 e. The van der Waals surface area contributed by atoms with Crippen molar-refractivity contribution < 1.29 is 4.79 Å². The SMILES string of the molecule is N=C(N)C(=O)c1nc(Cl)c(N)nc1N. The van der Waals surface area contributed by atoms with E-state index >= 15 is 0 Å². The van der Waals surface area contributed by atoms with Gasteiger partial charge in [0.1, 0.15) is 0 Å². The number of halogens is 1. The molecule has 1 rings (SSSR count). The molecule has 1 heterocycles. The van der Waals surface area contributed by atoms with Gasteiger partial charge in [0.05, 0.1) is 0 Å². The number of hydrogen-bond donors (Lipinski definition) is 4. The minimum atomic E-state index is -0.836. The lowest BCUT2D eigenvalue weighted by atomic mass is 10.2. The largest absolute Gasteiger partial charge is 0.382 e. The Morgan fingerprint density at radius 3 is 2.36 bits per heavy atom. The van der Waals surface area contributed by atoms with E-state index in [2.05, 4.69) is 9.97 Å². The number of rotatable bonds is 2. The van der Waals surface area contributed by atoms with Crippen molar-refractivity contribution in [2.45, 2.75) is 0 Å². The summed E-state index contributed by atoms with van der Waals surface area (Å²) in [7, 11) is 0. The molecule has 0 aliphatic carbocycles. The summed E-state index contributed by atoms with van der Waals surface area (Å²) in [5.41, 5.74) is 15.3. The molecular formula is C6H7ClN6O. The highest BCUT2D eigenvalue weighted by molar-refractivity contribution is 6.44. The fourth-order valence-corrected chi connectivity index (χ4v) is 0.863. The zero-order valence-corrected chi connectivity index (χ0v) is 7.67. The number of amidine groups is 1. The second-order valence-electron chi connectivity index (χ2n) is 2.38. The fraction of sp³-hybridized carbons (Fsp3) is 0. The number of nitrogens with two attached hydrogens (primary N) is 3. The Bertz CT molecular complexity index is 417. The molecule has 7 nitrogen and oxygen atoms in total. The van der Waals surface area contributed by atoms with Crippen molar-refractivity contribution in [3.63, 3.8) is 0 Å². The number of carbonyl (C=O) groups excluding carboxylic acids is 1. The average Bonchev–Trinajstić information content (AvgIpc) is 2.10. The summed E-state index contributed by atoms with van der Waals surface area (Å²) in [6.45, 7) is 0. The van der Waals surface area contributed by atoms with E-state index in [1.807, 2.05) is 0 Å². The molecule has 7 N–H and O–H groups in total. The topological polar surface area (TPSA) is 145 Å². The van der Waals surface area contributed by atoms with Gasteiger partial charge in [-0.1, -0.05) is 11.6 Å². The van der Waals surface area contributed by atoms with Crippen LogP contribution in [0.4, 0.5) is 11.6 Å². The Hall–Kier alpha value is -1.89. The number of anilines is 2. The van der Waals surface area contributed by atoms with Crippen LogP contribution in [0.3, 0.4) is 0 Å². The van der Waals surface area contributed by atoms with E-state index in [0.29, 0.717) is 0 Å². The maximum absolute atomic E-state index is 11.2. The van der Waals surface area contributed by atoms with Crippen LogP contribution in [-0.2, 0) is 0 Å². The molecule has 8 heteroatoms. The predicted octanol–water partition coefficient (Wildman–Crippen LogP) is -0.587. The molecule has 0 bridgehead atoms. The Morgan fingerprint density at radius 1 is 1.29 bits per heavy atom. The molecule has 74 valence electrons. The fourth-order valence-electron chi connectivity index (χ4n) is 0.736. The molecule has 14 heavy (non-hydrogen) atoms. The first-order chi connectivity index (χ1) is 6.43. The van der Waals surface area contributed by atoms with Crippen LogP contribution < -0.4 is 17.2 Å². The number of aromatic nitrogens is 2. The Morgan fingerprint density at radius 2 is 1.86 bits per heavy atom. The molecule has 0 unspecified atom stereocenters. The number of carbonyl (C=O) groups is 1. The van der Waals surface area contributed by atoms with Gasteiger partial charge in [0.15, 0.2) is 28.3 Å². The van der Waals surface area contributed by atoms with Crippen molar-refractivity contribution in [3.05, 3.63) is 10.8 Å². The Balaban J connectivity index is 3.29. The van der Waals surface area contributed by atoms with Crippen LogP contribution in [0, 0.1) is 5.41 Å². The van der Waals surface area contributed by atoms with E-state index in [1.54, 1.807) is 0 Å². The summed E-state index contributed by atoms with van der Waals surface area (Å²) in [6, 6.07) is 0. The van der Waals surface area contributed by atoms with Crippen molar-refractivity contribution in [3.8, 4) is 0 Å². The van der Waals surface area contributed by atoms with Crippen LogP contribution >= 0.6 is 11.6 Å². The van der Waals surface area contributed by atoms with Crippen LogP contribution in [0.1, 0.15) is 10.5 Å². The normalized spacial score (nSPS) is 9.79. The van der Waals surface area contributed by atoms with Gasteiger partial charge < -0.3 is 17.2 Å². The minimum absolute atomic E-state index is 0.0794. The third kappa shape index (κ3) is 1.72. The van der Waals surface area contributed by atoms with Gasteiger partial charge in [0, 0.05) is 0 Å². The molecule has 0 aliphatic rings. The van der Waals surface area contributed by atoms with Crippen LogP contribution in [-0.4, -0.2) is 21.6 Å². The third-order valence-corrected chi connectivity index (χ3v) is 1.64. The van der Waals surface area contributed by atoms with Crippen LogP contribution in [0.15, 0.2) is 0 Å². The second-order valence-corrected chi connectivity index (χ2v) is 2.73. The van der Waals surface area contributed by atoms with E-state index in [0.717, 1.165) is 0 Å². The number of nitrogens with zero attached hydrogens (tertiary/aromatic N) is 2. The van der Waals surface area contributed by atoms with Crippen LogP contribution in [0.2, 0.25) is 5.15 Å². The summed E-state index contributed by atoms with van der Waals surface area (Å²) in [4.78, 5) is 18.3. The summed E-state index contributed by atoms with van der Waals surface area (Å²) >= 11 is 5.52. The van der Waals surface area contributed by atoms with Gasteiger partial charge in [-0.25, -0.2) is 9.97 Å². The highest BCUT2D eigenvalue weighted by atomic mass is 35.5. The van der Waals surface area contributed by atoms with Crippen molar-refractivity contribution in [2.75, 3.05) is 11.5 Å². The molecule has 0 aliphatic heterocycles. The van der Waals surface area contributed by atoms with Crippen LogP contribution in [0.25, 0.3) is 0 Å². The van der Waals surface area contributed by atoms with Gasteiger partial charge in [-0.15, -0.1) is 0 Å². The lowest BCUT2D eigenvalue weighted by Gasteiger charge is -2.03.